The first-order chi connectivity index (χ1) is 10.4. The first-order valence-electron chi connectivity index (χ1n) is 7.74. The number of allylic oxidation sites excluding steroid dienone is 5. The topological polar surface area (TPSA) is 17.1 Å². The van der Waals surface area contributed by atoms with Crippen molar-refractivity contribution in [2.24, 2.45) is 5.41 Å². The molecule has 1 aliphatic carbocycles. The van der Waals surface area contributed by atoms with Crippen molar-refractivity contribution in [2.75, 3.05) is 0 Å². The van der Waals surface area contributed by atoms with Crippen LogP contribution in [-0.2, 0) is 4.79 Å². The van der Waals surface area contributed by atoms with E-state index >= 15 is 0 Å². The van der Waals surface area contributed by atoms with Crippen molar-refractivity contribution in [1.29, 1.82) is 0 Å². The minimum absolute atomic E-state index is 0.0293. The number of hydrogen-bond acceptors (Lipinski definition) is 1. The summed E-state index contributed by atoms with van der Waals surface area (Å²) in [5.74, 6) is 0.0293. The molecule has 0 saturated carbocycles. The highest BCUT2D eigenvalue weighted by Gasteiger charge is 2.26. The zero-order valence-electron chi connectivity index (χ0n) is 13.5. The number of benzene rings is 1. The van der Waals surface area contributed by atoms with Gasteiger partial charge in [-0.05, 0) is 67.0 Å². The minimum atomic E-state index is 0.0293. The Bertz CT molecular complexity index is 647. The molecule has 1 aliphatic rings. The molecule has 0 saturated heterocycles. The number of halogens is 1. The third kappa shape index (κ3) is 4.54. The van der Waals surface area contributed by atoms with Gasteiger partial charge in [0, 0.05) is 4.47 Å². The van der Waals surface area contributed by atoms with Crippen LogP contribution in [-0.4, -0.2) is 5.78 Å². The van der Waals surface area contributed by atoms with Crippen molar-refractivity contribution in [2.45, 2.75) is 40.0 Å². The van der Waals surface area contributed by atoms with Gasteiger partial charge in [-0.1, -0.05) is 59.6 Å². The fourth-order valence-corrected chi connectivity index (χ4v) is 3.44. The molecule has 116 valence electrons. The molecule has 0 heterocycles. The molecular weight excluding hydrogens is 336 g/mol. The van der Waals surface area contributed by atoms with Gasteiger partial charge >= 0.3 is 0 Å². The minimum Gasteiger partial charge on any atom is -0.290 e. The summed E-state index contributed by atoms with van der Waals surface area (Å²) in [5.41, 5.74) is 3.93. The summed E-state index contributed by atoms with van der Waals surface area (Å²) in [4.78, 5) is 12.1. The van der Waals surface area contributed by atoms with E-state index in [1.807, 2.05) is 36.4 Å². The van der Waals surface area contributed by atoms with E-state index in [9.17, 15) is 4.79 Å². The van der Waals surface area contributed by atoms with Crippen LogP contribution in [0.2, 0.25) is 0 Å². The first kappa shape index (κ1) is 17.0. The van der Waals surface area contributed by atoms with Crippen molar-refractivity contribution in [1.82, 2.24) is 0 Å². The summed E-state index contributed by atoms with van der Waals surface area (Å²) in [6.45, 7) is 6.71. The lowest BCUT2D eigenvalue weighted by molar-refractivity contribution is -0.110. The Labute approximate surface area is 141 Å². The van der Waals surface area contributed by atoms with Crippen LogP contribution >= 0.6 is 15.9 Å². The van der Waals surface area contributed by atoms with Crippen molar-refractivity contribution in [3.63, 3.8) is 0 Å². The van der Waals surface area contributed by atoms with Crippen LogP contribution in [0.5, 0.6) is 0 Å². The summed E-state index contributed by atoms with van der Waals surface area (Å²) >= 11 is 3.43. The Balaban J connectivity index is 2.08. The second-order valence-corrected chi connectivity index (χ2v) is 7.47. The number of hydrogen-bond donors (Lipinski definition) is 0. The zero-order valence-corrected chi connectivity index (χ0v) is 15.1. The molecule has 0 radical (unpaired) electrons. The van der Waals surface area contributed by atoms with Crippen molar-refractivity contribution >= 4 is 27.8 Å². The van der Waals surface area contributed by atoms with Gasteiger partial charge in [-0.15, -0.1) is 0 Å². The van der Waals surface area contributed by atoms with Gasteiger partial charge in [0.25, 0.3) is 0 Å². The SMILES string of the molecule is CC1=C(/C=C/C(=O)/C=C/c2cccc(Br)c2)C(C)(C)CCC1. The van der Waals surface area contributed by atoms with E-state index in [-0.39, 0.29) is 11.2 Å². The maximum atomic E-state index is 12.1. The Kier molecular flexibility index (Phi) is 5.57. The second kappa shape index (κ2) is 7.23. The standard InChI is InChI=1S/C20H23BrO/c1-15-6-5-13-20(2,3)19(15)12-11-18(22)10-9-16-7-4-8-17(21)14-16/h4,7-12,14H,5-6,13H2,1-3H3/b10-9+,12-11+. The third-order valence-electron chi connectivity index (χ3n) is 4.25. The van der Waals surface area contributed by atoms with E-state index in [2.05, 4.69) is 36.7 Å². The molecule has 0 bridgehead atoms. The maximum Gasteiger partial charge on any atom is 0.178 e. The highest BCUT2D eigenvalue weighted by atomic mass is 79.9. The molecule has 0 atom stereocenters. The van der Waals surface area contributed by atoms with E-state index in [0.717, 1.165) is 16.5 Å². The van der Waals surface area contributed by atoms with E-state index in [4.69, 9.17) is 0 Å². The fraction of sp³-hybridized carbons (Fsp3) is 0.350. The molecule has 0 amide bonds. The highest BCUT2D eigenvalue weighted by Crippen LogP contribution is 2.40. The van der Waals surface area contributed by atoms with E-state index in [1.165, 1.54) is 24.0 Å². The Hall–Kier alpha value is -1.41. The highest BCUT2D eigenvalue weighted by molar-refractivity contribution is 9.10. The van der Waals surface area contributed by atoms with Crippen LogP contribution < -0.4 is 0 Å². The number of carbonyl (C=O) groups is 1. The van der Waals surface area contributed by atoms with Gasteiger partial charge in [0.2, 0.25) is 0 Å². The van der Waals surface area contributed by atoms with Gasteiger partial charge in [-0.2, -0.15) is 0 Å². The van der Waals surface area contributed by atoms with Crippen LogP contribution in [0, 0.1) is 5.41 Å². The molecule has 0 spiro atoms. The van der Waals surface area contributed by atoms with E-state index in [0.29, 0.717) is 0 Å². The predicted molar refractivity (Wildman–Crippen MR) is 97.7 cm³/mol. The van der Waals surface area contributed by atoms with Crippen LogP contribution in [0.25, 0.3) is 6.08 Å². The average molecular weight is 359 g/mol. The number of ketones is 1. The second-order valence-electron chi connectivity index (χ2n) is 6.56. The van der Waals surface area contributed by atoms with E-state index < -0.39 is 0 Å². The summed E-state index contributed by atoms with van der Waals surface area (Å²) in [6, 6.07) is 7.90. The quantitative estimate of drug-likeness (QED) is 0.593. The van der Waals surface area contributed by atoms with Crippen LogP contribution in [0.4, 0.5) is 0 Å². The molecular formula is C20H23BrO. The molecule has 1 nitrogen and oxygen atoms in total. The maximum absolute atomic E-state index is 12.1. The van der Waals surface area contributed by atoms with Gasteiger partial charge in [-0.25, -0.2) is 0 Å². The molecule has 1 aromatic rings. The van der Waals surface area contributed by atoms with Crippen molar-refractivity contribution < 1.29 is 4.79 Å². The van der Waals surface area contributed by atoms with Crippen LogP contribution in [0.15, 0.2) is 58.1 Å². The van der Waals surface area contributed by atoms with Gasteiger partial charge in [0.1, 0.15) is 0 Å². The lowest BCUT2D eigenvalue weighted by Crippen LogP contribution is -2.19. The van der Waals surface area contributed by atoms with Gasteiger partial charge in [0.15, 0.2) is 5.78 Å². The lowest BCUT2D eigenvalue weighted by Gasteiger charge is -2.32. The molecule has 2 heteroatoms. The summed E-state index contributed by atoms with van der Waals surface area (Å²) < 4.78 is 1.02. The third-order valence-corrected chi connectivity index (χ3v) is 4.74. The van der Waals surface area contributed by atoms with E-state index in [1.54, 1.807) is 12.2 Å². The zero-order chi connectivity index (χ0) is 16.2. The number of rotatable bonds is 4. The van der Waals surface area contributed by atoms with Gasteiger partial charge in [-0.3, -0.25) is 4.79 Å². The molecule has 0 N–H and O–H groups in total. The molecule has 0 aromatic heterocycles. The fourth-order valence-electron chi connectivity index (χ4n) is 3.02. The summed E-state index contributed by atoms with van der Waals surface area (Å²) in [7, 11) is 0. The number of carbonyl (C=O) groups excluding carboxylic acids is 1. The normalized spacial score (nSPS) is 18.4. The lowest BCUT2D eigenvalue weighted by atomic mass is 9.72. The Morgan fingerprint density at radius 1 is 1.23 bits per heavy atom. The van der Waals surface area contributed by atoms with Gasteiger partial charge in [0.05, 0.1) is 0 Å². The largest absolute Gasteiger partial charge is 0.290 e. The molecule has 0 aliphatic heterocycles. The smallest absolute Gasteiger partial charge is 0.178 e. The average Bonchev–Trinajstić information content (AvgIpc) is 2.44. The van der Waals surface area contributed by atoms with Crippen molar-refractivity contribution in [3.05, 3.63) is 63.7 Å². The molecule has 0 unspecified atom stereocenters. The first-order valence-corrected chi connectivity index (χ1v) is 8.54. The Morgan fingerprint density at radius 3 is 2.64 bits per heavy atom. The monoisotopic (exact) mass is 358 g/mol. The van der Waals surface area contributed by atoms with Gasteiger partial charge < -0.3 is 0 Å². The summed E-state index contributed by atoms with van der Waals surface area (Å²) in [5, 5.41) is 0. The summed E-state index contributed by atoms with van der Waals surface area (Å²) in [6.07, 6.45) is 10.8. The van der Waals surface area contributed by atoms with Crippen molar-refractivity contribution in [3.8, 4) is 0 Å². The molecule has 22 heavy (non-hydrogen) atoms. The molecule has 1 aromatic carbocycles. The predicted octanol–water partition coefficient (Wildman–Crippen LogP) is 6.11. The molecule has 0 fully saturated rings. The van der Waals surface area contributed by atoms with Crippen LogP contribution in [0.1, 0.15) is 45.6 Å². The van der Waals surface area contributed by atoms with Crippen LogP contribution in [0.3, 0.4) is 0 Å². The molecule has 2 rings (SSSR count). The Morgan fingerprint density at radius 2 is 1.95 bits per heavy atom.